The molecule has 1 fully saturated rings. The second-order valence-electron chi connectivity index (χ2n) is 2.75. The SMILES string of the molecule is C=C1CC(CC#N)N(C=O)C1. The first-order valence-corrected chi connectivity index (χ1v) is 3.52. The van der Waals surface area contributed by atoms with Gasteiger partial charge in [0, 0.05) is 12.6 Å². The molecule has 0 aliphatic carbocycles. The van der Waals surface area contributed by atoms with E-state index in [0.717, 1.165) is 18.4 Å². The quantitative estimate of drug-likeness (QED) is 0.429. The van der Waals surface area contributed by atoms with E-state index in [1.807, 2.05) is 0 Å². The van der Waals surface area contributed by atoms with Crippen LogP contribution in [0.25, 0.3) is 0 Å². The van der Waals surface area contributed by atoms with E-state index in [9.17, 15) is 4.79 Å². The molecule has 0 saturated carbocycles. The molecule has 1 aliphatic rings. The first kappa shape index (κ1) is 7.80. The average Bonchev–Trinajstić information content (AvgIpc) is 2.32. The van der Waals surface area contributed by atoms with Crippen LogP contribution in [-0.4, -0.2) is 23.9 Å². The second kappa shape index (κ2) is 3.20. The molecular formula is C8H10N2O. The molecule has 1 amide bonds. The van der Waals surface area contributed by atoms with E-state index in [1.165, 1.54) is 0 Å². The second-order valence-corrected chi connectivity index (χ2v) is 2.75. The standard InChI is InChI=1S/C8H10N2O/c1-7-4-8(2-3-9)10(5-7)6-11/h6,8H,1-2,4-5H2. The minimum Gasteiger partial charge on any atom is -0.337 e. The van der Waals surface area contributed by atoms with E-state index in [4.69, 9.17) is 5.26 Å². The summed E-state index contributed by atoms with van der Waals surface area (Å²) in [5.41, 5.74) is 1.04. The van der Waals surface area contributed by atoms with E-state index in [2.05, 4.69) is 12.6 Å². The molecule has 0 N–H and O–H groups in total. The lowest BCUT2D eigenvalue weighted by molar-refractivity contribution is -0.118. The van der Waals surface area contributed by atoms with Crippen molar-refractivity contribution in [3.63, 3.8) is 0 Å². The fourth-order valence-corrected chi connectivity index (χ4v) is 1.32. The number of nitrogens with zero attached hydrogens (tertiary/aromatic N) is 2. The largest absolute Gasteiger partial charge is 0.337 e. The third-order valence-corrected chi connectivity index (χ3v) is 1.86. The summed E-state index contributed by atoms with van der Waals surface area (Å²) in [6, 6.07) is 2.13. The van der Waals surface area contributed by atoms with Crippen LogP contribution < -0.4 is 0 Å². The maximum atomic E-state index is 10.4. The van der Waals surface area contributed by atoms with Gasteiger partial charge in [0.15, 0.2) is 0 Å². The normalized spacial score (nSPS) is 23.4. The lowest BCUT2D eigenvalue weighted by Crippen LogP contribution is -2.27. The molecule has 0 bridgehead atoms. The van der Waals surface area contributed by atoms with Crippen LogP contribution in [0.1, 0.15) is 12.8 Å². The highest BCUT2D eigenvalue weighted by Gasteiger charge is 2.24. The zero-order chi connectivity index (χ0) is 8.27. The smallest absolute Gasteiger partial charge is 0.210 e. The van der Waals surface area contributed by atoms with Crippen molar-refractivity contribution >= 4 is 6.41 Å². The van der Waals surface area contributed by atoms with Gasteiger partial charge >= 0.3 is 0 Å². The molecule has 0 spiro atoms. The molecule has 11 heavy (non-hydrogen) atoms. The predicted octanol–water partition coefficient (Wildman–Crippen LogP) is 0.687. The summed E-state index contributed by atoms with van der Waals surface area (Å²) >= 11 is 0. The van der Waals surface area contributed by atoms with Crippen molar-refractivity contribution in [3.8, 4) is 6.07 Å². The Morgan fingerprint density at radius 1 is 1.91 bits per heavy atom. The van der Waals surface area contributed by atoms with Gasteiger partial charge in [0.05, 0.1) is 12.5 Å². The number of amides is 1. The van der Waals surface area contributed by atoms with Gasteiger partial charge in [0.25, 0.3) is 0 Å². The summed E-state index contributed by atoms with van der Waals surface area (Å²) in [7, 11) is 0. The Kier molecular flexibility index (Phi) is 2.27. The highest BCUT2D eigenvalue weighted by Crippen LogP contribution is 2.21. The topological polar surface area (TPSA) is 44.1 Å². The molecule has 1 rings (SSSR count). The van der Waals surface area contributed by atoms with Crippen LogP contribution in [0.4, 0.5) is 0 Å². The van der Waals surface area contributed by atoms with Gasteiger partial charge in [-0.3, -0.25) is 4.79 Å². The van der Waals surface area contributed by atoms with Crippen LogP contribution in [0.3, 0.4) is 0 Å². The lowest BCUT2D eigenvalue weighted by atomic mass is 10.1. The van der Waals surface area contributed by atoms with E-state index in [0.29, 0.717) is 13.0 Å². The molecule has 3 heteroatoms. The number of carbonyl (C=O) groups is 1. The Balaban J connectivity index is 2.58. The van der Waals surface area contributed by atoms with Crippen molar-refractivity contribution in [1.29, 1.82) is 5.26 Å². The Hall–Kier alpha value is -1.30. The molecule has 0 aromatic carbocycles. The number of likely N-dealkylation sites (tertiary alicyclic amines) is 1. The van der Waals surface area contributed by atoms with Gasteiger partial charge in [-0.2, -0.15) is 5.26 Å². The molecule has 1 unspecified atom stereocenters. The fourth-order valence-electron chi connectivity index (χ4n) is 1.32. The summed E-state index contributed by atoms with van der Waals surface area (Å²) in [5, 5.41) is 8.40. The Morgan fingerprint density at radius 2 is 2.64 bits per heavy atom. The Labute approximate surface area is 65.9 Å². The summed E-state index contributed by atoms with van der Waals surface area (Å²) in [6.45, 7) is 4.40. The van der Waals surface area contributed by atoms with E-state index >= 15 is 0 Å². The van der Waals surface area contributed by atoms with Gasteiger partial charge in [0.2, 0.25) is 6.41 Å². The molecule has 1 saturated heterocycles. The number of hydrogen-bond donors (Lipinski definition) is 0. The third-order valence-electron chi connectivity index (χ3n) is 1.86. The van der Waals surface area contributed by atoms with Crippen LogP contribution in [0.5, 0.6) is 0 Å². The molecule has 0 aromatic rings. The molecule has 1 aliphatic heterocycles. The Bertz CT molecular complexity index is 217. The van der Waals surface area contributed by atoms with E-state index in [-0.39, 0.29) is 6.04 Å². The van der Waals surface area contributed by atoms with Crippen LogP contribution in [0.15, 0.2) is 12.2 Å². The lowest BCUT2D eigenvalue weighted by Gasteiger charge is -2.15. The zero-order valence-electron chi connectivity index (χ0n) is 6.29. The minimum atomic E-state index is 0.0741. The van der Waals surface area contributed by atoms with Gasteiger partial charge in [-0.05, 0) is 6.42 Å². The number of rotatable bonds is 2. The summed E-state index contributed by atoms with van der Waals surface area (Å²) < 4.78 is 0. The van der Waals surface area contributed by atoms with Gasteiger partial charge < -0.3 is 4.90 Å². The number of nitriles is 1. The Morgan fingerprint density at radius 3 is 3.18 bits per heavy atom. The summed E-state index contributed by atoms with van der Waals surface area (Å²) in [6.07, 6.45) is 1.99. The van der Waals surface area contributed by atoms with Crippen molar-refractivity contribution < 1.29 is 4.79 Å². The number of carbonyl (C=O) groups excluding carboxylic acids is 1. The van der Waals surface area contributed by atoms with Crippen molar-refractivity contribution in [2.45, 2.75) is 18.9 Å². The van der Waals surface area contributed by atoms with Crippen molar-refractivity contribution in [2.75, 3.05) is 6.54 Å². The van der Waals surface area contributed by atoms with Gasteiger partial charge in [-0.15, -0.1) is 0 Å². The highest BCUT2D eigenvalue weighted by atomic mass is 16.1. The molecule has 58 valence electrons. The monoisotopic (exact) mass is 150 g/mol. The first-order valence-electron chi connectivity index (χ1n) is 3.52. The van der Waals surface area contributed by atoms with Crippen LogP contribution in [0, 0.1) is 11.3 Å². The highest BCUT2D eigenvalue weighted by molar-refractivity contribution is 5.50. The van der Waals surface area contributed by atoms with Crippen LogP contribution in [0.2, 0.25) is 0 Å². The van der Waals surface area contributed by atoms with E-state index < -0.39 is 0 Å². The van der Waals surface area contributed by atoms with E-state index in [1.54, 1.807) is 4.90 Å². The van der Waals surface area contributed by atoms with Crippen molar-refractivity contribution in [1.82, 2.24) is 4.90 Å². The van der Waals surface area contributed by atoms with Crippen LogP contribution in [-0.2, 0) is 4.79 Å². The maximum absolute atomic E-state index is 10.4. The zero-order valence-corrected chi connectivity index (χ0v) is 6.29. The third kappa shape index (κ3) is 1.58. The van der Waals surface area contributed by atoms with Gasteiger partial charge in [-0.25, -0.2) is 0 Å². The van der Waals surface area contributed by atoms with Gasteiger partial charge in [0.1, 0.15) is 0 Å². The minimum absolute atomic E-state index is 0.0741. The molecule has 0 radical (unpaired) electrons. The van der Waals surface area contributed by atoms with Crippen LogP contribution >= 0.6 is 0 Å². The molecule has 1 atom stereocenters. The molecule has 0 aromatic heterocycles. The first-order chi connectivity index (χ1) is 5.27. The van der Waals surface area contributed by atoms with Crippen molar-refractivity contribution in [2.24, 2.45) is 0 Å². The summed E-state index contributed by atoms with van der Waals surface area (Å²) in [4.78, 5) is 12.0. The van der Waals surface area contributed by atoms with Crippen molar-refractivity contribution in [3.05, 3.63) is 12.2 Å². The molecular weight excluding hydrogens is 140 g/mol. The number of hydrogen-bond acceptors (Lipinski definition) is 2. The predicted molar refractivity (Wildman–Crippen MR) is 40.5 cm³/mol. The maximum Gasteiger partial charge on any atom is 0.210 e. The molecule has 3 nitrogen and oxygen atoms in total. The average molecular weight is 150 g/mol. The fraction of sp³-hybridized carbons (Fsp3) is 0.500. The summed E-state index contributed by atoms with van der Waals surface area (Å²) in [5.74, 6) is 0. The molecule has 1 heterocycles. The van der Waals surface area contributed by atoms with Gasteiger partial charge in [-0.1, -0.05) is 12.2 Å².